The molecule has 1 heterocycles. The lowest BCUT2D eigenvalue weighted by Gasteiger charge is -2.36. The van der Waals surface area contributed by atoms with Crippen molar-refractivity contribution >= 4 is 17.9 Å². The van der Waals surface area contributed by atoms with Gasteiger partial charge in [0.15, 0.2) is 0 Å². The predicted octanol–water partition coefficient (Wildman–Crippen LogP) is 4.17. The number of aldehydes is 1. The first kappa shape index (κ1) is 16.2. The molecule has 1 aliphatic carbocycles. The predicted molar refractivity (Wildman–Crippen MR) is 92.5 cm³/mol. The lowest BCUT2D eigenvalue weighted by molar-refractivity contribution is -0.117. The Kier molecular flexibility index (Phi) is 4.31. The zero-order valence-electron chi connectivity index (χ0n) is 14.4. The number of carbonyl (C=O) groups excluding carboxylic acids is 2. The average molecular weight is 313 g/mol. The van der Waals surface area contributed by atoms with Crippen LogP contribution >= 0.6 is 0 Å². The second-order valence-electron chi connectivity index (χ2n) is 8.10. The third-order valence-corrected chi connectivity index (χ3v) is 5.32. The van der Waals surface area contributed by atoms with Crippen LogP contribution in [0.15, 0.2) is 24.3 Å². The van der Waals surface area contributed by atoms with Crippen LogP contribution in [0.2, 0.25) is 0 Å². The quantitative estimate of drug-likeness (QED) is 0.765. The van der Waals surface area contributed by atoms with Crippen molar-refractivity contribution in [2.45, 2.75) is 52.4 Å². The minimum absolute atomic E-state index is 0.0782. The Morgan fingerprint density at radius 1 is 1.22 bits per heavy atom. The van der Waals surface area contributed by atoms with Gasteiger partial charge in [-0.05, 0) is 48.1 Å². The monoisotopic (exact) mass is 313 g/mol. The van der Waals surface area contributed by atoms with Crippen molar-refractivity contribution in [1.82, 2.24) is 0 Å². The van der Waals surface area contributed by atoms with E-state index < -0.39 is 0 Å². The highest BCUT2D eigenvalue weighted by molar-refractivity contribution is 5.96. The van der Waals surface area contributed by atoms with Gasteiger partial charge in [-0.15, -0.1) is 0 Å². The summed E-state index contributed by atoms with van der Waals surface area (Å²) < 4.78 is 0. The van der Waals surface area contributed by atoms with Gasteiger partial charge in [-0.3, -0.25) is 4.79 Å². The van der Waals surface area contributed by atoms with Gasteiger partial charge in [0.2, 0.25) is 5.91 Å². The van der Waals surface area contributed by atoms with Crippen LogP contribution in [0.1, 0.15) is 57.9 Å². The summed E-state index contributed by atoms with van der Waals surface area (Å²) in [5.41, 5.74) is 2.06. The largest absolute Gasteiger partial charge is 0.312 e. The van der Waals surface area contributed by atoms with Gasteiger partial charge in [0.25, 0.3) is 0 Å². The summed E-state index contributed by atoms with van der Waals surface area (Å²) in [6.45, 7) is 7.47. The fourth-order valence-electron chi connectivity index (χ4n) is 4.26. The molecule has 2 aliphatic rings. The van der Waals surface area contributed by atoms with Crippen LogP contribution in [-0.4, -0.2) is 18.7 Å². The van der Waals surface area contributed by atoms with E-state index in [1.165, 1.54) is 12.8 Å². The van der Waals surface area contributed by atoms with E-state index in [9.17, 15) is 9.59 Å². The molecule has 0 radical (unpaired) electrons. The van der Waals surface area contributed by atoms with Crippen molar-refractivity contribution in [3.8, 4) is 0 Å². The van der Waals surface area contributed by atoms with Crippen LogP contribution in [0.3, 0.4) is 0 Å². The zero-order valence-corrected chi connectivity index (χ0v) is 14.4. The van der Waals surface area contributed by atoms with Crippen LogP contribution in [0, 0.1) is 17.3 Å². The highest BCUT2D eigenvalue weighted by Gasteiger charge is 2.44. The molecule has 1 aromatic carbocycles. The number of benzene rings is 1. The van der Waals surface area contributed by atoms with Gasteiger partial charge in [0.05, 0.1) is 0 Å². The Bertz CT molecular complexity index is 598. The molecule has 3 heteroatoms. The summed E-state index contributed by atoms with van der Waals surface area (Å²) in [5, 5.41) is 0. The maximum absolute atomic E-state index is 12.2. The summed E-state index contributed by atoms with van der Waals surface area (Å²) in [4.78, 5) is 26.1. The number of carbonyl (C=O) groups is 2. The number of amides is 1. The highest BCUT2D eigenvalue weighted by Crippen LogP contribution is 2.52. The number of hydrogen-bond acceptors (Lipinski definition) is 2. The Morgan fingerprint density at radius 3 is 2.43 bits per heavy atom. The Labute approximate surface area is 139 Å². The maximum atomic E-state index is 12.2. The Balaban J connectivity index is 2.01. The average Bonchev–Trinajstić information content (AvgIpc) is 3.24. The molecule has 1 aliphatic heterocycles. The topological polar surface area (TPSA) is 37.4 Å². The van der Waals surface area contributed by atoms with Gasteiger partial charge in [-0.25, -0.2) is 0 Å². The van der Waals surface area contributed by atoms with E-state index in [4.69, 9.17) is 0 Å². The van der Waals surface area contributed by atoms with Crippen molar-refractivity contribution in [1.29, 1.82) is 0 Å². The minimum atomic E-state index is -0.132. The van der Waals surface area contributed by atoms with E-state index >= 15 is 0 Å². The summed E-state index contributed by atoms with van der Waals surface area (Å²) in [5.74, 6) is 1.01. The van der Waals surface area contributed by atoms with Gasteiger partial charge < -0.3 is 9.69 Å². The summed E-state index contributed by atoms with van der Waals surface area (Å²) in [6, 6.07) is 8.00. The third-order valence-electron chi connectivity index (χ3n) is 5.32. The molecule has 3 nitrogen and oxygen atoms in total. The highest BCUT2D eigenvalue weighted by atomic mass is 16.2. The molecule has 1 saturated carbocycles. The van der Waals surface area contributed by atoms with Crippen molar-refractivity contribution in [2.75, 3.05) is 11.4 Å². The van der Waals surface area contributed by atoms with E-state index in [0.29, 0.717) is 18.3 Å². The Morgan fingerprint density at radius 2 is 1.91 bits per heavy atom. The first-order chi connectivity index (χ1) is 10.9. The number of rotatable bonds is 5. The number of anilines is 1. The van der Waals surface area contributed by atoms with Crippen molar-refractivity contribution < 1.29 is 9.59 Å². The second-order valence-corrected chi connectivity index (χ2v) is 8.10. The van der Waals surface area contributed by atoms with E-state index in [-0.39, 0.29) is 17.2 Å². The zero-order chi connectivity index (χ0) is 16.6. The van der Waals surface area contributed by atoms with Crippen molar-refractivity contribution in [3.63, 3.8) is 0 Å². The number of hydrogen-bond donors (Lipinski definition) is 0. The molecule has 2 fully saturated rings. The summed E-state index contributed by atoms with van der Waals surface area (Å²) >= 11 is 0. The molecular formula is C20H27NO2. The second kappa shape index (κ2) is 6.10. The lowest BCUT2D eigenvalue weighted by atomic mass is 9.68. The molecular weight excluding hydrogens is 286 g/mol. The van der Waals surface area contributed by atoms with Crippen molar-refractivity contribution in [3.05, 3.63) is 29.8 Å². The Hall–Kier alpha value is -1.64. The van der Waals surface area contributed by atoms with Crippen LogP contribution in [0.4, 0.5) is 5.69 Å². The van der Waals surface area contributed by atoms with Crippen LogP contribution in [0.5, 0.6) is 0 Å². The number of para-hydroxylation sites is 1. The molecule has 0 spiro atoms. The van der Waals surface area contributed by atoms with E-state index in [1.807, 2.05) is 29.2 Å². The maximum Gasteiger partial charge on any atom is 0.227 e. The van der Waals surface area contributed by atoms with Gasteiger partial charge >= 0.3 is 0 Å². The van der Waals surface area contributed by atoms with E-state index in [1.54, 1.807) is 0 Å². The molecule has 3 rings (SSSR count). The molecule has 0 aromatic heterocycles. The molecule has 0 N–H and O–H groups in total. The third kappa shape index (κ3) is 3.19. The van der Waals surface area contributed by atoms with E-state index in [0.717, 1.165) is 30.5 Å². The fraction of sp³-hybridized carbons (Fsp3) is 0.600. The van der Waals surface area contributed by atoms with E-state index in [2.05, 4.69) is 20.8 Å². The van der Waals surface area contributed by atoms with Crippen LogP contribution in [-0.2, 0) is 9.59 Å². The fourth-order valence-corrected chi connectivity index (χ4v) is 4.26. The van der Waals surface area contributed by atoms with Crippen LogP contribution in [0.25, 0.3) is 0 Å². The first-order valence-corrected chi connectivity index (χ1v) is 8.78. The summed E-state index contributed by atoms with van der Waals surface area (Å²) in [7, 11) is 0. The standard InChI is InChI=1S/C20H27NO2/c1-20(2,3)19(14-10-11-14)16(13-22)15-7-4-5-8-17(15)21-12-6-9-18(21)23/h4-5,7-8,13-14,16,19H,6,9-12H2,1-3H3. The number of nitrogens with zero attached hydrogens (tertiary/aromatic N) is 1. The van der Waals surface area contributed by atoms with Gasteiger partial charge in [0.1, 0.15) is 6.29 Å². The lowest BCUT2D eigenvalue weighted by Crippen LogP contribution is -2.32. The van der Waals surface area contributed by atoms with Crippen molar-refractivity contribution in [2.24, 2.45) is 17.3 Å². The molecule has 1 amide bonds. The molecule has 2 atom stereocenters. The molecule has 0 bridgehead atoms. The smallest absolute Gasteiger partial charge is 0.227 e. The molecule has 124 valence electrons. The van der Waals surface area contributed by atoms with Crippen LogP contribution < -0.4 is 4.90 Å². The molecule has 2 unspecified atom stereocenters. The normalized spacial score (nSPS) is 21.3. The van der Waals surface area contributed by atoms with Gasteiger partial charge in [0, 0.05) is 24.6 Å². The SMILES string of the molecule is CC(C)(C)C(C1CC1)C(C=O)c1ccccc1N1CCCC1=O. The first-order valence-electron chi connectivity index (χ1n) is 8.78. The summed E-state index contributed by atoms with van der Waals surface area (Å²) in [6.07, 6.45) is 5.08. The molecule has 1 aromatic rings. The molecule has 23 heavy (non-hydrogen) atoms. The minimum Gasteiger partial charge on any atom is -0.312 e. The molecule has 1 saturated heterocycles. The van der Waals surface area contributed by atoms with Gasteiger partial charge in [-0.1, -0.05) is 39.0 Å². The van der Waals surface area contributed by atoms with Gasteiger partial charge in [-0.2, -0.15) is 0 Å².